The number of halogens is 2. The van der Waals surface area contributed by atoms with Crippen LogP contribution < -0.4 is 4.90 Å². The Kier molecular flexibility index (Phi) is 6.79. The first-order valence-corrected chi connectivity index (χ1v) is 14.2. The molecule has 0 unspecified atom stereocenters. The molecule has 0 saturated carbocycles. The Hall–Kier alpha value is -3.62. The largest absolute Gasteiger partial charge is 0.370 e. The topological polar surface area (TPSA) is 78.2 Å². The Balaban J connectivity index is 1.49. The molecule has 1 aromatic heterocycles. The highest BCUT2D eigenvalue weighted by molar-refractivity contribution is 7.88. The zero-order chi connectivity index (χ0) is 27.1. The van der Waals surface area contributed by atoms with Gasteiger partial charge in [0.15, 0.2) is 0 Å². The molecule has 1 amide bonds. The number of aromatic nitrogens is 1. The number of hydrogen-bond donors (Lipinski definition) is 0. The predicted octanol–water partition coefficient (Wildman–Crippen LogP) is 3.65. The molecule has 38 heavy (non-hydrogen) atoms. The summed E-state index contributed by atoms with van der Waals surface area (Å²) in [4.78, 5) is 25.5. The summed E-state index contributed by atoms with van der Waals surface area (Å²) in [5.41, 5.74) is 0.674. The maximum Gasteiger partial charge on any atom is 0.263 e. The molecule has 2 aromatic carbocycles. The van der Waals surface area contributed by atoms with Crippen molar-refractivity contribution in [2.75, 3.05) is 50.4 Å². The molecule has 0 radical (unpaired) electrons. The molecule has 0 N–H and O–H groups in total. The molecule has 0 bridgehead atoms. The number of carbonyl (C=O) groups excluding carboxylic acids is 1. The van der Waals surface area contributed by atoms with E-state index in [1.807, 2.05) is 4.90 Å². The molecular weight excluding hydrogens is 512 g/mol. The molecule has 11 heteroatoms. The fourth-order valence-electron chi connectivity index (χ4n) is 5.42. The van der Waals surface area contributed by atoms with Crippen molar-refractivity contribution < 1.29 is 22.0 Å². The molecule has 0 atom stereocenters. The number of pyridine rings is 1. The smallest absolute Gasteiger partial charge is 0.263 e. The third-order valence-corrected chi connectivity index (χ3v) is 8.83. The van der Waals surface area contributed by atoms with Crippen molar-refractivity contribution in [3.05, 3.63) is 82.8 Å². The minimum Gasteiger partial charge on any atom is -0.370 e. The lowest BCUT2D eigenvalue weighted by molar-refractivity contribution is 0.0698. The number of fused-ring (bicyclic) bond motifs is 1. The molecule has 5 rings (SSSR count). The number of piperazine rings is 1. The maximum absolute atomic E-state index is 14.7. The highest BCUT2D eigenvalue weighted by Gasteiger charge is 2.45. The Morgan fingerprint density at radius 3 is 2.34 bits per heavy atom. The average Bonchev–Trinajstić information content (AvgIpc) is 2.92. The van der Waals surface area contributed by atoms with E-state index in [0.717, 1.165) is 6.26 Å². The molecule has 0 aliphatic carbocycles. The van der Waals surface area contributed by atoms with E-state index < -0.39 is 27.2 Å². The average molecular weight is 540 g/mol. The molecule has 3 heterocycles. The van der Waals surface area contributed by atoms with Crippen molar-refractivity contribution in [2.24, 2.45) is 0 Å². The predicted molar refractivity (Wildman–Crippen MR) is 140 cm³/mol. The lowest BCUT2D eigenvalue weighted by Crippen LogP contribution is -2.50. The summed E-state index contributed by atoms with van der Waals surface area (Å²) in [6, 6.07) is 10.5. The molecule has 0 spiro atoms. The Morgan fingerprint density at radius 1 is 1.03 bits per heavy atom. The zero-order valence-electron chi connectivity index (χ0n) is 20.9. The molecule has 8 nitrogen and oxygen atoms in total. The van der Waals surface area contributed by atoms with Crippen LogP contribution in [0.5, 0.6) is 0 Å². The fraction of sp³-hybridized carbons (Fsp3) is 0.370. The van der Waals surface area contributed by atoms with Crippen molar-refractivity contribution in [3.63, 3.8) is 0 Å². The van der Waals surface area contributed by atoms with Gasteiger partial charge in [-0.3, -0.25) is 9.78 Å². The van der Waals surface area contributed by atoms with E-state index in [9.17, 15) is 22.0 Å². The molecule has 2 fully saturated rings. The van der Waals surface area contributed by atoms with Crippen LogP contribution in [0.4, 0.5) is 14.5 Å². The first-order valence-electron chi connectivity index (χ1n) is 12.3. The van der Waals surface area contributed by atoms with E-state index in [-0.39, 0.29) is 37.6 Å². The quantitative estimate of drug-likeness (QED) is 0.473. The summed E-state index contributed by atoms with van der Waals surface area (Å²) >= 11 is 0. The van der Waals surface area contributed by atoms with Crippen molar-refractivity contribution in [1.29, 1.82) is 0 Å². The SMILES string of the molecule is [C-]#[N+]C1(c2ccccc2F)CCN(c2c(C(=O)N3CCN(S(C)(=O)=O)CC3)cnc3ccc(F)cc23)CC1. The van der Waals surface area contributed by atoms with Crippen LogP contribution in [0.2, 0.25) is 0 Å². The minimum atomic E-state index is -3.36. The molecule has 198 valence electrons. The van der Waals surface area contributed by atoms with Crippen molar-refractivity contribution in [3.8, 4) is 0 Å². The van der Waals surface area contributed by atoms with Crippen molar-refractivity contribution in [1.82, 2.24) is 14.2 Å². The lowest BCUT2D eigenvalue weighted by Gasteiger charge is -2.38. The van der Waals surface area contributed by atoms with Gasteiger partial charge in [-0.2, -0.15) is 4.31 Å². The second-order valence-electron chi connectivity index (χ2n) is 9.75. The Bertz CT molecular complexity index is 1540. The van der Waals surface area contributed by atoms with Crippen LogP contribution >= 0.6 is 0 Å². The van der Waals surface area contributed by atoms with Crippen LogP contribution in [0.15, 0.2) is 48.7 Å². The minimum absolute atomic E-state index is 0.190. The number of nitrogens with zero attached hydrogens (tertiary/aromatic N) is 5. The van der Waals surface area contributed by atoms with Gasteiger partial charge >= 0.3 is 0 Å². The third kappa shape index (κ3) is 4.70. The van der Waals surface area contributed by atoms with Gasteiger partial charge in [0.2, 0.25) is 10.0 Å². The standard InChI is InChI=1S/C27H27F2N5O3S/c1-30-27(22-5-3-4-6-23(22)29)9-11-32(12-10-27)25-20-17-19(28)7-8-24(20)31-18-21(25)26(35)33-13-15-34(16-14-33)38(2,36)37/h3-8,17-18H,9-16H2,2H3. The summed E-state index contributed by atoms with van der Waals surface area (Å²) in [6.45, 7) is 9.42. The fourth-order valence-corrected chi connectivity index (χ4v) is 6.25. The van der Waals surface area contributed by atoms with Crippen LogP contribution in [0.1, 0.15) is 28.8 Å². The van der Waals surface area contributed by atoms with Gasteiger partial charge in [-0.15, -0.1) is 0 Å². The number of benzene rings is 2. The van der Waals surface area contributed by atoms with Gasteiger partial charge in [0, 0.05) is 63.7 Å². The number of anilines is 1. The Morgan fingerprint density at radius 2 is 1.71 bits per heavy atom. The lowest BCUT2D eigenvalue weighted by atomic mass is 9.81. The van der Waals surface area contributed by atoms with Gasteiger partial charge in [-0.05, 0) is 30.3 Å². The van der Waals surface area contributed by atoms with Gasteiger partial charge in [0.25, 0.3) is 11.4 Å². The van der Waals surface area contributed by atoms with Crippen molar-refractivity contribution >= 4 is 32.5 Å². The number of piperidine rings is 1. The summed E-state index contributed by atoms with van der Waals surface area (Å²) < 4.78 is 54.2. The summed E-state index contributed by atoms with van der Waals surface area (Å²) in [5, 5.41) is 0.479. The number of rotatable bonds is 4. The van der Waals surface area contributed by atoms with Crippen LogP contribution in [0.3, 0.4) is 0 Å². The highest BCUT2D eigenvalue weighted by Crippen LogP contribution is 2.41. The summed E-state index contributed by atoms with van der Waals surface area (Å²) in [5.74, 6) is -1.20. The summed E-state index contributed by atoms with van der Waals surface area (Å²) in [7, 11) is -3.36. The van der Waals surface area contributed by atoms with Crippen LogP contribution in [0.25, 0.3) is 15.7 Å². The molecule has 2 aliphatic heterocycles. The number of hydrogen-bond acceptors (Lipinski definition) is 5. The molecule has 3 aromatic rings. The second-order valence-corrected chi connectivity index (χ2v) is 11.7. The number of carbonyl (C=O) groups is 1. The second kappa shape index (κ2) is 9.93. The van der Waals surface area contributed by atoms with Crippen LogP contribution in [0, 0.1) is 18.2 Å². The molecule has 2 aliphatic rings. The van der Waals surface area contributed by atoms with Gasteiger partial charge < -0.3 is 14.6 Å². The first kappa shape index (κ1) is 26.0. The number of amides is 1. The third-order valence-electron chi connectivity index (χ3n) is 7.52. The Labute approximate surface area is 220 Å². The maximum atomic E-state index is 14.7. The first-order chi connectivity index (χ1) is 18.1. The van der Waals surface area contributed by atoms with E-state index in [4.69, 9.17) is 6.57 Å². The van der Waals surface area contributed by atoms with Gasteiger partial charge in [0.05, 0.1) is 28.6 Å². The summed E-state index contributed by atoms with van der Waals surface area (Å²) in [6.07, 6.45) is 3.29. The van der Waals surface area contributed by atoms with E-state index in [0.29, 0.717) is 48.1 Å². The molecular formula is C27H27F2N5O3S. The number of sulfonamides is 1. The normalized spacial score (nSPS) is 18.4. The molecule has 2 saturated heterocycles. The van der Waals surface area contributed by atoms with E-state index in [1.165, 1.54) is 28.7 Å². The van der Waals surface area contributed by atoms with Crippen molar-refractivity contribution in [2.45, 2.75) is 18.4 Å². The van der Waals surface area contributed by atoms with Crippen LogP contribution in [-0.4, -0.2) is 74.0 Å². The zero-order valence-corrected chi connectivity index (χ0v) is 21.7. The highest BCUT2D eigenvalue weighted by atomic mass is 32.2. The van der Waals surface area contributed by atoms with Gasteiger partial charge in [-0.25, -0.2) is 23.8 Å². The van der Waals surface area contributed by atoms with E-state index >= 15 is 0 Å². The van der Waals surface area contributed by atoms with Gasteiger partial charge in [-0.1, -0.05) is 12.1 Å². The van der Waals surface area contributed by atoms with E-state index in [1.54, 1.807) is 29.2 Å². The van der Waals surface area contributed by atoms with Crippen LogP contribution in [-0.2, 0) is 15.6 Å². The van der Waals surface area contributed by atoms with Gasteiger partial charge in [0.1, 0.15) is 11.6 Å². The monoisotopic (exact) mass is 539 g/mol. The van der Waals surface area contributed by atoms with E-state index in [2.05, 4.69) is 9.83 Å².